The zero-order valence-electron chi connectivity index (χ0n) is 37.8. The number of piperidine rings is 2. The highest BCUT2D eigenvalue weighted by Gasteiger charge is 2.45. The SMILES string of the molecule is CCN(C)S(=O)(=O)Nc1ccc(F)c(Oc2ccc3ncn([C@H]4CNC5(CCN(C(=O)CC6(O)CCN(c7cc8c(cc7F)c(N7CCC(=O)NC7=O)nn8C)C(I)C6)CC5)C4)c(=O)c3c2)c1C#N. The lowest BCUT2D eigenvalue weighted by Crippen LogP contribution is -2.54. The predicted molar refractivity (Wildman–Crippen MR) is 258 cm³/mol. The van der Waals surface area contributed by atoms with Gasteiger partial charge < -0.3 is 25.0 Å². The fourth-order valence-corrected chi connectivity index (χ4v) is 12.1. The van der Waals surface area contributed by atoms with Crippen LogP contribution in [0.3, 0.4) is 0 Å². The summed E-state index contributed by atoms with van der Waals surface area (Å²) < 4.78 is 68.4. The molecule has 4 aliphatic heterocycles. The average Bonchev–Trinajstić information content (AvgIpc) is 3.86. The molecule has 4 N–H and O–H groups in total. The number of amides is 4. The Morgan fingerprint density at radius 2 is 1.83 bits per heavy atom. The Balaban J connectivity index is 0.823. The van der Waals surface area contributed by atoms with Gasteiger partial charge in [-0.3, -0.25) is 38.6 Å². The standard InChI is InChI=1S/C45H49F2IN12O8S/c1-4-55(2)69(66,67)54-34-8-6-31(46)40(30(34)23-49)68-27-5-7-33-28(17-27)42(63)60(25-50-33)26-20-44(51-24-26)10-14-57(15-11-44)39(62)22-45(65)12-16-58(37(48)21-45)36-19-35-29(18-32(36)47)41(53-56(35)3)59-13-9-38(61)52-43(59)64/h5-8,17-19,25-26,37,51,54,65H,4,9-16,20-22,24H2,1-3H3,(H,52,61,64)/t26-,37?,45?/m1/s1. The number of carbonyl (C=O) groups excluding carboxylic acids is 3. The van der Waals surface area contributed by atoms with Gasteiger partial charge in [0.05, 0.1) is 56.2 Å². The lowest BCUT2D eigenvalue weighted by atomic mass is 9.84. The van der Waals surface area contributed by atoms with Crippen molar-refractivity contribution in [3.63, 3.8) is 0 Å². The maximum atomic E-state index is 15.9. The lowest BCUT2D eigenvalue weighted by Gasteiger charge is -2.44. The number of aryl methyl sites for hydroxylation is 1. The summed E-state index contributed by atoms with van der Waals surface area (Å²) in [4.78, 5) is 61.5. The van der Waals surface area contributed by atoms with E-state index in [1.807, 2.05) is 11.0 Å². The van der Waals surface area contributed by atoms with Gasteiger partial charge in [-0.05, 0) is 68.1 Å². The van der Waals surface area contributed by atoms with Crippen LogP contribution < -0.4 is 35.5 Å². The normalized spacial score (nSPS) is 21.9. The number of aromatic nitrogens is 4. The highest BCUT2D eigenvalue weighted by atomic mass is 127. The molecule has 0 saturated carbocycles. The second kappa shape index (κ2) is 18.4. The average molecular weight is 1080 g/mol. The second-order valence-electron chi connectivity index (χ2n) is 18.1. The minimum absolute atomic E-state index is 0.0288. The zero-order chi connectivity index (χ0) is 49.2. The lowest BCUT2D eigenvalue weighted by molar-refractivity contribution is -0.139. The van der Waals surface area contributed by atoms with Crippen molar-refractivity contribution in [1.29, 1.82) is 5.26 Å². The Labute approximate surface area is 408 Å². The van der Waals surface area contributed by atoms with E-state index in [0.29, 0.717) is 61.0 Å². The molecule has 69 heavy (non-hydrogen) atoms. The van der Waals surface area contributed by atoms with Gasteiger partial charge in [-0.15, -0.1) is 0 Å². The molecule has 1 spiro atoms. The largest absolute Gasteiger partial charge is 0.453 e. The van der Waals surface area contributed by atoms with Crippen LogP contribution in [0.1, 0.15) is 63.5 Å². The van der Waals surface area contributed by atoms with Crippen molar-refractivity contribution < 1.29 is 41.4 Å². The van der Waals surface area contributed by atoms with E-state index in [1.54, 1.807) is 34.2 Å². The monoisotopic (exact) mass is 1080 g/mol. The van der Waals surface area contributed by atoms with Crippen molar-refractivity contribution in [3.05, 3.63) is 76.3 Å². The molecule has 4 amide bonds. The summed E-state index contributed by atoms with van der Waals surface area (Å²) in [5.74, 6) is -2.25. The summed E-state index contributed by atoms with van der Waals surface area (Å²) >= 11 is 2.17. The van der Waals surface area contributed by atoms with Crippen LogP contribution in [-0.4, -0.2) is 121 Å². The number of fused-ring (bicyclic) bond motifs is 2. The van der Waals surface area contributed by atoms with Crippen LogP contribution in [0.25, 0.3) is 21.8 Å². The van der Waals surface area contributed by atoms with E-state index < -0.39 is 39.2 Å². The molecule has 4 fully saturated rings. The molecule has 9 rings (SSSR count). The number of carbonyl (C=O) groups is 3. The molecule has 24 heteroatoms. The fraction of sp³-hybridized carbons (Fsp3) is 0.444. The summed E-state index contributed by atoms with van der Waals surface area (Å²) in [7, 11) is -1.00. The summed E-state index contributed by atoms with van der Waals surface area (Å²) in [6, 6.07) is 10.5. The number of aliphatic hydroxyl groups is 1. The number of urea groups is 1. The van der Waals surface area contributed by atoms with Gasteiger partial charge in [0.2, 0.25) is 11.8 Å². The van der Waals surface area contributed by atoms with Crippen molar-refractivity contribution in [1.82, 2.24) is 39.2 Å². The number of nitriles is 1. The van der Waals surface area contributed by atoms with Crippen molar-refractivity contribution in [2.24, 2.45) is 7.05 Å². The molecule has 5 aromatic rings. The first kappa shape index (κ1) is 48.0. The molecule has 2 aromatic heterocycles. The van der Waals surface area contributed by atoms with E-state index in [-0.39, 0.29) is 107 Å². The van der Waals surface area contributed by atoms with Crippen LogP contribution in [0.2, 0.25) is 0 Å². The maximum absolute atomic E-state index is 15.9. The molecular formula is C45H49F2IN12O8S. The van der Waals surface area contributed by atoms with Gasteiger partial charge >= 0.3 is 16.2 Å². The minimum atomic E-state index is -4.05. The van der Waals surface area contributed by atoms with Crippen LogP contribution >= 0.6 is 22.6 Å². The van der Waals surface area contributed by atoms with Gasteiger partial charge in [0.25, 0.3) is 5.56 Å². The predicted octanol–water partition coefficient (Wildman–Crippen LogP) is 4.36. The number of nitrogens with one attached hydrogen (secondary N) is 3. The molecule has 4 aliphatic rings. The highest BCUT2D eigenvalue weighted by molar-refractivity contribution is 14.1. The van der Waals surface area contributed by atoms with Gasteiger partial charge in [0.15, 0.2) is 17.4 Å². The Bertz CT molecular complexity index is 3140. The minimum Gasteiger partial charge on any atom is -0.453 e. The fourth-order valence-electron chi connectivity index (χ4n) is 9.74. The van der Waals surface area contributed by atoms with Crippen LogP contribution in [0, 0.1) is 23.0 Å². The molecule has 6 heterocycles. The van der Waals surface area contributed by atoms with Crippen LogP contribution in [0.4, 0.5) is 30.8 Å². The molecule has 3 atom stereocenters. The number of ether oxygens (including phenoxy) is 1. The first-order valence-electron chi connectivity index (χ1n) is 22.4. The molecule has 0 bridgehead atoms. The summed E-state index contributed by atoms with van der Waals surface area (Å²) in [6.45, 7) is 3.52. The Hall–Kier alpha value is -6.01. The van der Waals surface area contributed by atoms with Gasteiger partial charge in [-0.2, -0.15) is 23.1 Å². The summed E-state index contributed by atoms with van der Waals surface area (Å²) in [6.07, 6.45) is 3.74. The second-order valence-corrected chi connectivity index (χ2v) is 21.3. The first-order chi connectivity index (χ1) is 32.8. The molecule has 0 aliphatic carbocycles. The number of benzene rings is 3. The van der Waals surface area contributed by atoms with Crippen molar-refractivity contribution in [2.75, 3.05) is 60.8 Å². The third kappa shape index (κ3) is 9.17. The number of nitrogens with zero attached hydrogens (tertiary/aromatic N) is 9. The van der Waals surface area contributed by atoms with E-state index in [0.717, 1.165) is 16.4 Å². The number of anilines is 3. The van der Waals surface area contributed by atoms with Crippen LogP contribution in [0.15, 0.2) is 53.6 Å². The van der Waals surface area contributed by atoms with Gasteiger partial charge in [-0.1, -0.05) is 29.5 Å². The van der Waals surface area contributed by atoms with Crippen molar-refractivity contribution in [3.8, 4) is 17.6 Å². The van der Waals surface area contributed by atoms with Gasteiger partial charge in [0.1, 0.15) is 23.2 Å². The molecular weight excluding hydrogens is 1030 g/mol. The number of likely N-dealkylation sites (tertiary alicyclic amines) is 1. The molecule has 4 saturated heterocycles. The topological polar surface area (TPSA) is 240 Å². The van der Waals surface area contributed by atoms with E-state index in [4.69, 9.17) is 4.74 Å². The molecule has 364 valence electrons. The third-order valence-corrected chi connectivity index (χ3v) is 16.5. The van der Waals surface area contributed by atoms with Gasteiger partial charge in [-0.25, -0.2) is 18.6 Å². The molecule has 3 aromatic carbocycles. The quantitative estimate of drug-likeness (QED) is 0.0818. The number of alkyl halides is 1. The van der Waals surface area contributed by atoms with E-state index in [2.05, 4.69) is 48.0 Å². The Morgan fingerprint density at radius 3 is 2.54 bits per heavy atom. The highest BCUT2D eigenvalue weighted by Crippen LogP contribution is 2.41. The Morgan fingerprint density at radius 1 is 1.06 bits per heavy atom. The van der Waals surface area contributed by atoms with Crippen LogP contribution in [-0.2, 0) is 26.8 Å². The number of hydrogen-bond acceptors (Lipinski definition) is 13. The summed E-state index contributed by atoms with van der Waals surface area (Å²) in [5, 5.41) is 32.7. The van der Waals surface area contributed by atoms with E-state index >= 15 is 8.78 Å². The zero-order valence-corrected chi connectivity index (χ0v) is 40.8. The molecule has 20 nitrogen and oxygen atoms in total. The first-order valence-corrected chi connectivity index (χ1v) is 25.1. The van der Waals surface area contributed by atoms with E-state index in [1.165, 1.54) is 42.5 Å². The smallest absolute Gasteiger partial charge is 0.329 e. The van der Waals surface area contributed by atoms with Crippen LogP contribution in [0.5, 0.6) is 11.5 Å². The maximum Gasteiger partial charge on any atom is 0.329 e. The van der Waals surface area contributed by atoms with E-state index in [9.17, 15) is 38.0 Å². The van der Waals surface area contributed by atoms with Crippen molar-refractivity contribution in [2.45, 2.75) is 73.1 Å². The molecule has 2 unspecified atom stereocenters. The number of imide groups is 1. The summed E-state index contributed by atoms with van der Waals surface area (Å²) in [5.41, 5.74) is -1.35. The van der Waals surface area contributed by atoms with Gasteiger partial charge in [0, 0.05) is 77.1 Å². The third-order valence-electron chi connectivity index (χ3n) is 13.8. The molecule has 0 radical (unpaired) electrons. The van der Waals surface area contributed by atoms with Crippen molar-refractivity contribution >= 4 is 89.6 Å². The number of halogens is 3. The Kier molecular flexibility index (Phi) is 12.8. The number of rotatable bonds is 11. The number of hydrogen-bond donors (Lipinski definition) is 4.